The van der Waals surface area contributed by atoms with Crippen LogP contribution in [0.25, 0.3) is 10.7 Å². The molecule has 3 nitrogen and oxygen atoms in total. The molecule has 0 fully saturated rings. The second-order valence-electron chi connectivity index (χ2n) is 2.81. The summed E-state index contributed by atoms with van der Waals surface area (Å²) in [5.74, 6) is 0. The fourth-order valence-electron chi connectivity index (χ4n) is 0.919. The molecule has 0 amide bonds. The van der Waals surface area contributed by atoms with E-state index in [1.165, 1.54) is 12.1 Å². The van der Waals surface area contributed by atoms with Crippen LogP contribution in [-0.4, -0.2) is 8.42 Å². The van der Waals surface area contributed by atoms with Crippen molar-refractivity contribution < 1.29 is 8.42 Å². The van der Waals surface area contributed by atoms with Crippen LogP contribution in [-0.2, 0) is 10.0 Å². The Kier molecular flexibility index (Phi) is 2.54. The summed E-state index contributed by atoms with van der Waals surface area (Å²) in [6, 6.07) is 6.10. The van der Waals surface area contributed by atoms with E-state index in [1.807, 2.05) is 6.92 Å². The molecule has 1 rings (SSSR count). The van der Waals surface area contributed by atoms with Crippen molar-refractivity contribution in [2.75, 3.05) is 0 Å². The Hall–Kier alpha value is -1.13. The molecule has 0 spiro atoms. The van der Waals surface area contributed by atoms with Crippen molar-refractivity contribution in [2.24, 2.45) is 0 Å². The second kappa shape index (κ2) is 3.32. The Morgan fingerprint density at radius 2 is 1.77 bits per heavy atom. The maximum atomic E-state index is 10.8. The van der Waals surface area contributed by atoms with Gasteiger partial charge in [0.05, 0.1) is 10.0 Å². The number of sulfonamides is 1. The number of benzene rings is 1. The first-order chi connectivity index (χ1) is 5.91. The van der Waals surface area contributed by atoms with Crippen LogP contribution in [0.4, 0.5) is 0 Å². The van der Waals surface area contributed by atoms with Crippen molar-refractivity contribution in [2.45, 2.75) is 11.8 Å². The molecular weight excluding hydrogens is 186 g/mol. The Bertz CT molecular complexity index is 417. The number of hydrogen-bond donors (Lipinski definition) is 0. The fourth-order valence-corrected chi connectivity index (χ4v) is 1.41. The predicted molar refractivity (Wildman–Crippen MR) is 52.7 cm³/mol. The van der Waals surface area contributed by atoms with E-state index in [1.54, 1.807) is 12.1 Å². The molecule has 0 atom stereocenters. The molecular formula is C9H10NO2S-. The molecule has 0 saturated carbocycles. The Balaban J connectivity index is 3.16. The zero-order chi connectivity index (χ0) is 10.1. The molecule has 0 heterocycles. The molecule has 0 unspecified atom stereocenters. The zero-order valence-electron chi connectivity index (χ0n) is 7.24. The van der Waals surface area contributed by atoms with Crippen LogP contribution >= 0.6 is 0 Å². The van der Waals surface area contributed by atoms with Gasteiger partial charge in [0, 0.05) is 4.90 Å². The highest BCUT2D eigenvalue weighted by Gasteiger charge is 2.00. The molecule has 70 valence electrons. The standard InChI is InChI=1S/C9H10NO2S/c1-7(2)8-3-5-9(6-4-8)13(10,11)12/h3-6H,1H2,2H3,(H-,10,11,12)/q-1. The van der Waals surface area contributed by atoms with Gasteiger partial charge in [0.15, 0.2) is 0 Å². The van der Waals surface area contributed by atoms with Crippen LogP contribution in [0.2, 0.25) is 0 Å². The minimum atomic E-state index is -3.82. The van der Waals surface area contributed by atoms with E-state index in [0.29, 0.717) is 0 Å². The molecule has 0 aliphatic heterocycles. The Morgan fingerprint density at radius 3 is 2.08 bits per heavy atom. The fraction of sp³-hybridized carbons (Fsp3) is 0.111. The van der Waals surface area contributed by atoms with Gasteiger partial charge in [-0.25, -0.2) is 8.42 Å². The highest BCUT2D eigenvalue weighted by Crippen LogP contribution is 2.16. The van der Waals surface area contributed by atoms with E-state index >= 15 is 0 Å². The van der Waals surface area contributed by atoms with Gasteiger partial charge in [-0.15, -0.1) is 0 Å². The summed E-state index contributed by atoms with van der Waals surface area (Å²) in [6.07, 6.45) is 0. The average molecular weight is 196 g/mol. The minimum Gasteiger partial charge on any atom is -0.560 e. The molecule has 0 radical (unpaired) electrons. The summed E-state index contributed by atoms with van der Waals surface area (Å²) in [7, 11) is -3.82. The lowest BCUT2D eigenvalue weighted by atomic mass is 10.1. The largest absolute Gasteiger partial charge is 0.560 e. The van der Waals surface area contributed by atoms with Crippen LogP contribution in [0.15, 0.2) is 35.7 Å². The number of hydrogen-bond acceptors (Lipinski definition) is 2. The van der Waals surface area contributed by atoms with E-state index < -0.39 is 10.0 Å². The molecule has 0 aromatic heterocycles. The quantitative estimate of drug-likeness (QED) is 0.729. The minimum absolute atomic E-state index is 0.0116. The summed E-state index contributed by atoms with van der Waals surface area (Å²) < 4.78 is 21.5. The van der Waals surface area contributed by atoms with Gasteiger partial charge in [-0.3, -0.25) is 0 Å². The number of nitrogens with one attached hydrogen (secondary N) is 1. The van der Waals surface area contributed by atoms with Crippen LogP contribution in [0.1, 0.15) is 12.5 Å². The zero-order valence-corrected chi connectivity index (χ0v) is 8.06. The predicted octanol–water partition coefficient (Wildman–Crippen LogP) is 2.46. The van der Waals surface area contributed by atoms with Crippen molar-refractivity contribution in [3.63, 3.8) is 0 Å². The van der Waals surface area contributed by atoms with Gasteiger partial charge < -0.3 is 5.14 Å². The normalized spacial score (nSPS) is 11.2. The van der Waals surface area contributed by atoms with Crippen LogP contribution in [0.3, 0.4) is 0 Å². The molecule has 13 heavy (non-hydrogen) atoms. The first-order valence-corrected chi connectivity index (χ1v) is 5.15. The van der Waals surface area contributed by atoms with E-state index in [9.17, 15) is 8.42 Å². The highest BCUT2D eigenvalue weighted by molar-refractivity contribution is 7.93. The first-order valence-electron chi connectivity index (χ1n) is 3.67. The number of rotatable bonds is 2. The highest BCUT2D eigenvalue weighted by atomic mass is 32.2. The molecule has 0 saturated heterocycles. The molecule has 1 N–H and O–H groups in total. The van der Waals surface area contributed by atoms with Crippen LogP contribution < -0.4 is 0 Å². The maximum Gasteiger partial charge on any atom is 0.0987 e. The van der Waals surface area contributed by atoms with Crippen molar-refractivity contribution in [3.05, 3.63) is 41.5 Å². The van der Waals surface area contributed by atoms with Gasteiger partial charge in [0.1, 0.15) is 0 Å². The SMILES string of the molecule is C=C(C)c1ccc(S([NH-])(=O)=O)cc1. The molecule has 0 aliphatic carbocycles. The van der Waals surface area contributed by atoms with E-state index in [0.717, 1.165) is 11.1 Å². The summed E-state index contributed by atoms with van der Waals surface area (Å²) in [5.41, 5.74) is 1.75. The average Bonchev–Trinajstić information content (AvgIpc) is 2.03. The van der Waals surface area contributed by atoms with Gasteiger partial charge in [0.2, 0.25) is 0 Å². The van der Waals surface area contributed by atoms with Gasteiger partial charge in [-0.2, -0.15) is 0 Å². The van der Waals surface area contributed by atoms with Crippen molar-refractivity contribution in [1.82, 2.24) is 0 Å². The lowest BCUT2D eigenvalue weighted by molar-refractivity contribution is 0.605. The Morgan fingerprint density at radius 1 is 1.31 bits per heavy atom. The van der Waals surface area contributed by atoms with Crippen molar-refractivity contribution >= 4 is 15.6 Å². The summed E-state index contributed by atoms with van der Waals surface area (Å²) in [5, 5.41) is 6.80. The van der Waals surface area contributed by atoms with Gasteiger partial charge in [-0.05, 0) is 24.6 Å². The lowest BCUT2D eigenvalue weighted by Gasteiger charge is -2.05. The summed E-state index contributed by atoms with van der Waals surface area (Å²) in [4.78, 5) is 0.0116. The molecule has 1 aromatic carbocycles. The van der Waals surface area contributed by atoms with Crippen molar-refractivity contribution in [1.29, 1.82) is 0 Å². The van der Waals surface area contributed by atoms with Crippen molar-refractivity contribution in [3.8, 4) is 0 Å². The van der Waals surface area contributed by atoms with Crippen LogP contribution in [0, 0.1) is 0 Å². The van der Waals surface area contributed by atoms with Crippen LogP contribution in [0.5, 0.6) is 0 Å². The van der Waals surface area contributed by atoms with Gasteiger partial charge >= 0.3 is 0 Å². The first kappa shape index (κ1) is 9.95. The third-order valence-corrected chi connectivity index (χ3v) is 2.55. The van der Waals surface area contributed by atoms with E-state index in [-0.39, 0.29) is 4.90 Å². The Labute approximate surface area is 77.9 Å². The van der Waals surface area contributed by atoms with Gasteiger partial charge in [-0.1, -0.05) is 24.3 Å². The molecule has 0 aliphatic rings. The molecule has 1 aromatic rings. The topological polar surface area (TPSA) is 57.9 Å². The van der Waals surface area contributed by atoms with E-state index in [2.05, 4.69) is 6.58 Å². The van der Waals surface area contributed by atoms with E-state index in [4.69, 9.17) is 5.14 Å². The lowest BCUT2D eigenvalue weighted by Crippen LogP contribution is -1.92. The number of allylic oxidation sites excluding steroid dienone is 1. The third-order valence-electron chi connectivity index (χ3n) is 1.66. The van der Waals surface area contributed by atoms with Gasteiger partial charge in [0.25, 0.3) is 0 Å². The molecule has 0 bridgehead atoms. The maximum absolute atomic E-state index is 10.8. The smallest absolute Gasteiger partial charge is 0.0987 e. The second-order valence-corrected chi connectivity index (χ2v) is 4.29. The monoisotopic (exact) mass is 196 g/mol. The summed E-state index contributed by atoms with van der Waals surface area (Å²) >= 11 is 0. The summed E-state index contributed by atoms with van der Waals surface area (Å²) in [6.45, 7) is 5.56. The molecule has 4 heteroatoms. The third kappa shape index (κ3) is 2.40.